The first-order chi connectivity index (χ1) is 12.4. The highest BCUT2D eigenvalue weighted by atomic mass is 32.2. The Kier molecular flexibility index (Phi) is 5.68. The normalized spacial score (nSPS) is 20.7. The summed E-state index contributed by atoms with van der Waals surface area (Å²) in [5.41, 5.74) is 3.32. The first kappa shape index (κ1) is 18.9. The van der Waals surface area contributed by atoms with E-state index < -0.39 is 10.1 Å². The number of benzene rings is 2. The Morgan fingerprint density at radius 3 is 2.31 bits per heavy atom. The number of hydrogen-bond donors (Lipinski definition) is 0. The van der Waals surface area contributed by atoms with Crippen LogP contribution in [-0.4, -0.2) is 28.6 Å². The van der Waals surface area contributed by atoms with E-state index in [-0.39, 0.29) is 16.9 Å². The van der Waals surface area contributed by atoms with Crippen molar-refractivity contribution in [2.45, 2.75) is 49.5 Å². The lowest BCUT2D eigenvalue weighted by atomic mass is 9.81. The summed E-state index contributed by atoms with van der Waals surface area (Å²) < 4.78 is 31.3. The van der Waals surface area contributed by atoms with E-state index in [4.69, 9.17) is 4.18 Å². The molecule has 0 aromatic heterocycles. The maximum Gasteiger partial charge on any atom is 0.297 e. The summed E-state index contributed by atoms with van der Waals surface area (Å²) in [5, 5.41) is 0. The van der Waals surface area contributed by atoms with E-state index in [0.717, 1.165) is 36.9 Å². The van der Waals surface area contributed by atoms with Gasteiger partial charge < -0.3 is 4.90 Å². The topological polar surface area (TPSA) is 46.6 Å². The number of aryl methyl sites for hydroxylation is 1. The molecule has 0 bridgehead atoms. The Morgan fingerprint density at radius 1 is 0.962 bits per heavy atom. The summed E-state index contributed by atoms with van der Waals surface area (Å²) >= 11 is 0. The summed E-state index contributed by atoms with van der Waals surface area (Å²) in [7, 11) is 0.265. The van der Waals surface area contributed by atoms with E-state index in [1.165, 1.54) is 5.56 Å². The van der Waals surface area contributed by atoms with Gasteiger partial charge in [-0.2, -0.15) is 8.42 Å². The van der Waals surface area contributed by atoms with Crippen LogP contribution in [0.3, 0.4) is 0 Å². The molecule has 2 aromatic carbocycles. The lowest BCUT2D eigenvalue weighted by Gasteiger charge is -2.33. The van der Waals surface area contributed by atoms with E-state index in [1.807, 2.05) is 33.2 Å². The van der Waals surface area contributed by atoms with Gasteiger partial charge in [-0.3, -0.25) is 4.18 Å². The van der Waals surface area contributed by atoms with Crippen LogP contribution in [0.5, 0.6) is 0 Å². The van der Waals surface area contributed by atoms with Gasteiger partial charge in [0.1, 0.15) is 0 Å². The molecule has 0 amide bonds. The van der Waals surface area contributed by atoms with Gasteiger partial charge in [0.2, 0.25) is 0 Å². The van der Waals surface area contributed by atoms with Crippen LogP contribution in [0.25, 0.3) is 0 Å². The molecule has 0 spiro atoms. The van der Waals surface area contributed by atoms with Crippen molar-refractivity contribution in [1.82, 2.24) is 0 Å². The molecule has 4 nitrogen and oxygen atoms in total. The second-order valence-electron chi connectivity index (χ2n) is 7.25. The molecule has 1 saturated carbocycles. The Labute approximate surface area is 156 Å². The van der Waals surface area contributed by atoms with Crippen LogP contribution in [0, 0.1) is 6.92 Å². The molecule has 5 heteroatoms. The molecular weight excluding hydrogens is 346 g/mol. The Hall–Kier alpha value is -1.85. The van der Waals surface area contributed by atoms with Gasteiger partial charge in [-0.05, 0) is 43.5 Å². The molecule has 0 aliphatic heterocycles. The number of para-hydroxylation sites is 1. The third-order valence-electron chi connectivity index (χ3n) is 5.08. The standard InChI is InChI=1S/C21H27NO3S/c1-16-12-14-17(15-13-16)26(23,24)25-21-11-7-5-9-19(21)18-8-4-6-10-20(18)22(2)3/h4,6,8,10,12-15,19,21H,5,7,9,11H2,1-3H3/t19-,21-/m0/s1. The van der Waals surface area contributed by atoms with Crippen molar-refractivity contribution < 1.29 is 12.6 Å². The first-order valence-corrected chi connectivity index (χ1v) is 10.6. The van der Waals surface area contributed by atoms with Crippen molar-refractivity contribution in [1.29, 1.82) is 0 Å². The molecule has 140 valence electrons. The largest absolute Gasteiger partial charge is 0.377 e. The summed E-state index contributed by atoms with van der Waals surface area (Å²) in [5.74, 6) is 0.0857. The fourth-order valence-electron chi connectivity index (χ4n) is 3.70. The Morgan fingerprint density at radius 2 is 1.62 bits per heavy atom. The average molecular weight is 374 g/mol. The first-order valence-electron chi connectivity index (χ1n) is 9.15. The zero-order valence-electron chi connectivity index (χ0n) is 15.7. The SMILES string of the molecule is Cc1ccc(S(=O)(=O)O[C@H]2CCCC[C@H]2c2ccccc2N(C)C)cc1. The Balaban J connectivity index is 1.89. The Bertz CT molecular complexity index is 844. The molecule has 0 heterocycles. The zero-order valence-corrected chi connectivity index (χ0v) is 16.5. The van der Waals surface area contributed by atoms with Gasteiger partial charge in [0.05, 0.1) is 11.0 Å². The molecule has 26 heavy (non-hydrogen) atoms. The molecule has 0 saturated heterocycles. The smallest absolute Gasteiger partial charge is 0.297 e. The lowest BCUT2D eigenvalue weighted by molar-refractivity contribution is 0.137. The third-order valence-corrected chi connectivity index (χ3v) is 6.43. The zero-order chi connectivity index (χ0) is 18.7. The van der Waals surface area contributed by atoms with Crippen molar-refractivity contribution in [3.05, 3.63) is 59.7 Å². The second-order valence-corrected chi connectivity index (χ2v) is 8.82. The highest BCUT2D eigenvalue weighted by Gasteiger charge is 2.33. The molecular formula is C21H27NO3S. The highest BCUT2D eigenvalue weighted by molar-refractivity contribution is 7.86. The minimum atomic E-state index is -3.76. The van der Waals surface area contributed by atoms with Crippen molar-refractivity contribution in [3.8, 4) is 0 Å². The number of hydrogen-bond acceptors (Lipinski definition) is 4. The minimum absolute atomic E-state index is 0.0857. The lowest BCUT2D eigenvalue weighted by Crippen LogP contribution is -2.30. The van der Waals surface area contributed by atoms with Crippen LogP contribution in [0.1, 0.15) is 42.7 Å². The van der Waals surface area contributed by atoms with Crippen molar-refractivity contribution >= 4 is 15.8 Å². The maximum atomic E-state index is 12.8. The van der Waals surface area contributed by atoms with Gasteiger partial charge in [0.25, 0.3) is 10.1 Å². The van der Waals surface area contributed by atoms with E-state index in [1.54, 1.807) is 24.3 Å². The quantitative estimate of drug-likeness (QED) is 0.724. The summed E-state index contributed by atoms with van der Waals surface area (Å²) in [6.45, 7) is 1.94. The molecule has 1 fully saturated rings. The fraction of sp³-hybridized carbons (Fsp3) is 0.429. The molecule has 2 aromatic rings. The van der Waals surface area contributed by atoms with E-state index in [2.05, 4.69) is 17.0 Å². The van der Waals surface area contributed by atoms with Gasteiger partial charge in [-0.1, -0.05) is 48.7 Å². The van der Waals surface area contributed by atoms with Crippen LogP contribution in [0.2, 0.25) is 0 Å². The van der Waals surface area contributed by atoms with E-state index >= 15 is 0 Å². The maximum absolute atomic E-state index is 12.8. The van der Waals surface area contributed by atoms with Gasteiger partial charge >= 0.3 is 0 Å². The van der Waals surface area contributed by atoms with Gasteiger partial charge in [-0.25, -0.2) is 0 Å². The fourth-order valence-corrected chi connectivity index (χ4v) is 4.84. The molecule has 0 N–H and O–H groups in total. The molecule has 3 rings (SSSR count). The van der Waals surface area contributed by atoms with Crippen LogP contribution in [-0.2, 0) is 14.3 Å². The van der Waals surface area contributed by atoms with Gasteiger partial charge in [-0.15, -0.1) is 0 Å². The number of anilines is 1. The number of rotatable bonds is 5. The highest BCUT2D eigenvalue weighted by Crippen LogP contribution is 2.40. The van der Waals surface area contributed by atoms with Crippen LogP contribution >= 0.6 is 0 Å². The second kappa shape index (κ2) is 7.80. The van der Waals surface area contributed by atoms with Crippen molar-refractivity contribution in [2.75, 3.05) is 19.0 Å². The minimum Gasteiger partial charge on any atom is -0.377 e. The van der Waals surface area contributed by atoms with Crippen LogP contribution < -0.4 is 4.90 Å². The predicted molar refractivity (Wildman–Crippen MR) is 105 cm³/mol. The van der Waals surface area contributed by atoms with E-state index in [0.29, 0.717) is 0 Å². The summed E-state index contributed by atoms with van der Waals surface area (Å²) in [4.78, 5) is 2.31. The number of nitrogens with zero attached hydrogens (tertiary/aromatic N) is 1. The predicted octanol–water partition coefficient (Wildman–Crippen LogP) is 4.49. The van der Waals surface area contributed by atoms with Crippen molar-refractivity contribution in [3.63, 3.8) is 0 Å². The monoisotopic (exact) mass is 373 g/mol. The average Bonchev–Trinajstić information content (AvgIpc) is 2.62. The molecule has 0 radical (unpaired) electrons. The molecule has 0 unspecified atom stereocenters. The third kappa shape index (κ3) is 4.10. The van der Waals surface area contributed by atoms with Gasteiger partial charge in [0, 0.05) is 25.7 Å². The van der Waals surface area contributed by atoms with Gasteiger partial charge in [0.15, 0.2) is 0 Å². The molecule has 1 aliphatic carbocycles. The molecule has 1 aliphatic rings. The van der Waals surface area contributed by atoms with Crippen LogP contribution in [0.15, 0.2) is 53.4 Å². The van der Waals surface area contributed by atoms with E-state index in [9.17, 15) is 8.42 Å². The molecule has 2 atom stereocenters. The van der Waals surface area contributed by atoms with Crippen LogP contribution in [0.4, 0.5) is 5.69 Å². The van der Waals surface area contributed by atoms with Crippen molar-refractivity contribution in [2.24, 2.45) is 0 Å². The summed E-state index contributed by atoms with van der Waals surface area (Å²) in [6.07, 6.45) is 3.47. The summed E-state index contributed by atoms with van der Waals surface area (Å²) in [6, 6.07) is 15.1.